The van der Waals surface area contributed by atoms with Gasteiger partial charge in [-0.15, -0.1) is 0 Å². The number of fused-ring (bicyclic) bond motifs is 1. The number of nitrogens with one attached hydrogen (secondary N) is 5. The number of para-hydroxylation sites is 1. The van der Waals surface area contributed by atoms with E-state index < -0.39 is 47.9 Å². The first-order valence-corrected chi connectivity index (χ1v) is 12.1. The summed E-state index contributed by atoms with van der Waals surface area (Å²) in [6.45, 7) is 4.31. The van der Waals surface area contributed by atoms with Gasteiger partial charge in [0.05, 0.1) is 19.2 Å². The van der Waals surface area contributed by atoms with E-state index in [1.807, 2.05) is 31.2 Å². The van der Waals surface area contributed by atoms with Crippen molar-refractivity contribution in [3.63, 3.8) is 0 Å². The molecule has 1 heterocycles. The van der Waals surface area contributed by atoms with Crippen LogP contribution in [0, 0.1) is 5.92 Å². The molecule has 1 aromatic heterocycles. The number of aliphatic hydroxyl groups excluding tert-OH is 1. The number of carbonyl (C=O) groups excluding carboxylic acids is 5. The molecule has 0 unspecified atom stereocenters. The topological polar surface area (TPSA) is 196 Å². The summed E-state index contributed by atoms with van der Waals surface area (Å²) in [5.74, 6) is -2.73. The normalized spacial score (nSPS) is 15.1. The molecule has 0 bridgehead atoms. The molecular weight excluding hydrogens is 480 g/mol. The summed E-state index contributed by atoms with van der Waals surface area (Å²) >= 11 is 0. The molecule has 2 aromatic rings. The van der Waals surface area contributed by atoms with Gasteiger partial charge in [0.1, 0.15) is 18.1 Å². The summed E-state index contributed by atoms with van der Waals surface area (Å²) in [7, 11) is 0. The Morgan fingerprint density at radius 3 is 2.38 bits per heavy atom. The van der Waals surface area contributed by atoms with Gasteiger partial charge >= 0.3 is 0 Å². The lowest BCUT2D eigenvalue weighted by atomic mass is 9.97. The highest BCUT2D eigenvalue weighted by molar-refractivity contribution is 5.94. The quantitative estimate of drug-likeness (QED) is 0.164. The van der Waals surface area contributed by atoms with Gasteiger partial charge in [0.25, 0.3) is 0 Å². The number of aliphatic hydroxyl groups is 1. The van der Waals surface area contributed by atoms with E-state index >= 15 is 0 Å². The second-order valence-electron chi connectivity index (χ2n) is 8.88. The Bertz CT molecular complexity index is 1100. The highest BCUT2D eigenvalue weighted by atomic mass is 16.3. The number of hydrogen-bond acceptors (Lipinski definition) is 7. The van der Waals surface area contributed by atoms with Gasteiger partial charge in [0.2, 0.25) is 29.9 Å². The van der Waals surface area contributed by atoms with Gasteiger partial charge in [-0.3, -0.25) is 24.0 Å². The maximum atomic E-state index is 13.3. The predicted octanol–water partition coefficient (Wildman–Crippen LogP) is -1.22. The van der Waals surface area contributed by atoms with Crippen molar-refractivity contribution in [2.24, 2.45) is 11.7 Å². The van der Waals surface area contributed by atoms with E-state index in [1.165, 1.54) is 6.92 Å². The lowest BCUT2D eigenvalue weighted by Crippen LogP contribution is -2.58. The molecule has 5 atom stereocenters. The number of aromatic nitrogens is 1. The number of amides is 4. The van der Waals surface area contributed by atoms with Crippen LogP contribution >= 0.6 is 0 Å². The third kappa shape index (κ3) is 8.40. The zero-order chi connectivity index (χ0) is 27.5. The summed E-state index contributed by atoms with van der Waals surface area (Å²) in [4.78, 5) is 64.5. The third-order valence-electron chi connectivity index (χ3n) is 6.08. The molecule has 12 nitrogen and oxygen atoms in total. The molecule has 0 aliphatic heterocycles. The Hall–Kier alpha value is -3.77. The van der Waals surface area contributed by atoms with Crippen molar-refractivity contribution >= 4 is 40.8 Å². The van der Waals surface area contributed by atoms with Crippen LogP contribution in [-0.2, 0) is 30.4 Å². The van der Waals surface area contributed by atoms with Crippen LogP contribution in [0.4, 0.5) is 0 Å². The molecule has 0 spiro atoms. The first-order valence-electron chi connectivity index (χ1n) is 12.1. The number of hydrogen-bond donors (Lipinski definition) is 7. The van der Waals surface area contributed by atoms with Crippen molar-refractivity contribution in [2.45, 2.75) is 57.8 Å². The first kappa shape index (κ1) is 29.5. The lowest BCUT2D eigenvalue weighted by Gasteiger charge is -2.27. The van der Waals surface area contributed by atoms with E-state index in [9.17, 15) is 29.1 Å². The summed E-state index contributed by atoms with van der Waals surface area (Å²) in [5, 5.41) is 20.7. The van der Waals surface area contributed by atoms with Gasteiger partial charge in [-0.2, -0.15) is 0 Å². The predicted molar refractivity (Wildman–Crippen MR) is 137 cm³/mol. The van der Waals surface area contributed by atoms with Crippen molar-refractivity contribution in [3.05, 3.63) is 36.0 Å². The minimum atomic E-state index is -1.29. The average Bonchev–Trinajstić information content (AvgIpc) is 3.30. The van der Waals surface area contributed by atoms with E-state index in [4.69, 9.17) is 5.73 Å². The van der Waals surface area contributed by atoms with Gasteiger partial charge in [0, 0.05) is 23.5 Å². The lowest BCUT2D eigenvalue weighted by molar-refractivity contribution is -0.133. The van der Waals surface area contributed by atoms with Crippen LogP contribution in [0.2, 0.25) is 0 Å². The van der Waals surface area contributed by atoms with Crippen LogP contribution in [0.25, 0.3) is 10.9 Å². The second-order valence-corrected chi connectivity index (χ2v) is 8.88. The average molecular weight is 516 g/mol. The summed E-state index contributed by atoms with van der Waals surface area (Å²) in [6.07, 6.45) is 2.72. The number of aromatic amines is 1. The van der Waals surface area contributed by atoms with E-state index in [0.29, 0.717) is 6.42 Å². The van der Waals surface area contributed by atoms with E-state index in [1.54, 1.807) is 19.4 Å². The minimum absolute atomic E-state index is 0.0701. The summed E-state index contributed by atoms with van der Waals surface area (Å²) in [5.41, 5.74) is 6.81. The fraction of sp³-hybridized carbons (Fsp3) is 0.480. The number of benzene rings is 1. The highest BCUT2D eigenvalue weighted by Gasteiger charge is 2.32. The molecule has 8 N–H and O–H groups in total. The zero-order valence-electron chi connectivity index (χ0n) is 21.2. The van der Waals surface area contributed by atoms with Crippen LogP contribution in [0.15, 0.2) is 30.5 Å². The van der Waals surface area contributed by atoms with Crippen molar-refractivity contribution in [3.8, 4) is 0 Å². The van der Waals surface area contributed by atoms with E-state index in [0.717, 1.165) is 16.5 Å². The Morgan fingerprint density at radius 1 is 1.05 bits per heavy atom. The number of carbonyl (C=O) groups is 4. The molecule has 12 heteroatoms. The Labute approximate surface area is 215 Å². The zero-order valence-corrected chi connectivity index (χ0v) is 21.2. The van der Waals surface area contributed by atoms with Gasteiger partial charge in [-0.25, -0.2) is 0 Å². The van der Waals surface area contributed by atoms with Crippen LogP contribution in [0.5, 0.6) is 0 Å². The largest absolute Gasteiger partial charge is 0.391 e. The van der Waals surface area contributed by atoms with Crippen molar-refractivity contribution < 1.29 is 29.1 Å². The minimum Gasteiger partial charge on any atom is -0.391 e. The highest BCUT2D eigenvalue weighted by Crippen LogP contribution is 2.19. The first-order chi connectivity index (χ1) is 17.6. The molecule has 1 aromatic carbocycles. The Balaban J connectivity index is 2.27. The van der Waals surface area contributed by atoms with Crippen LogP contribution in [0.3, 0.4) is 0 Å². The molecular formula is C25H35N6O6. The SMILES string of the molecule is CC[C@H](C)[C@H](NC(=O)CNC(=O)CN)C(=O)N[C@@H](Cc1c[nH]c2ccccc12)C(=O)N[C@H]([C]=O)[C@@H](C)O. The number of H-pyrrole nitrogens is 1. The monoisotopic (exact) mass is 515 g/mol. The summed E-state index contributed by atoms with van der Waals surface area (Å²) < 4.78 is 0. The van der Waals surface area contributed by atoms with Gasteiger partial charge in [-0.05, 0) is 24.5 Å². The fourth-order valence-corrected chi connectivity index (χ4v) is 3.67. The van der Waals surface area contributed by atoms with E-state index in [-0.39, 0.29) is 25.4 Å². The maximum Gasteiger partial charge on any atom is 0.243 e. The second kappa shape index (κ2) is 14.1. The van der Waals surface area contributed by atoms with Crippen molar-refractivity contribution in [1.29, 1.82) is 0 Å². The number of rotatable bonds is 14. The Morgan fingerprint density at radius 2 is 1.76 bits per heavy atom. The molecule has 0 saturated carbocycles. The smallest absolute Gasteiger partial charge is 0.243 e. The standard InChI is InChI=1S/C25H35N6O6/c1-4-14(2)23(31-22(35)12-28-21(34)10-26)25(37)29-19(24(36)30-20(13-32)15(3)33)9-16-11-27-18-8-6-5-7-17(16)18/h5-8,11,14-15,19-20,23,27,33H,4,9-10,12,26H2,1-3H3,(H,28,34)(H,29,37)(H,30,36)(H,31,35)/t14-,15+,19-,20+,23-/m0/s1. The van der Waals surface area contributed by atoms with Gasteiger partial charge in [-0.1, -0.05) is 38.5 Å². The molecule has 201 valence electrons. The molecule has 0 fully saturated rings. The van der Waals surface area contributed by atoms with Crippen LogP contribution in [0.1, 0.15) is 32.8 Å². The van der Waals surface area contributed by atoms with E-state index in [2.05, 4.69) is 26.3 Å². The van der Waals surface area contributed by atoms with Gasteiger partial charge in [0.15, 0.2) is 0 Å². The maximum absolute atomic E-state index is 13.3. The fourth-order valence-electron chi connectivity index (χ4n) is 3.67. The van der Waals surface area contributed by atoms with Crippen molar-refractivity contribution in [2.75, 3.05) is 13.1 Å². The van der Waals surface area contributed by atoms with Crippen LogP contribution in [-0.4, -0.2) is 77.3 Å². The molecule has 2 rings (SSSR count). The number of nitrogens with two attached hydrogens (primary N) is 1. The molecule has 0 aliphatic carbocycles. The summed E-state index contributed by atoms with van der Waals surface area (Å²) in [6, 6.07) is 4.01. The molecule has 4 amide bonds. The molecule has 37 heavy (non-hydrogen) atoms. The van der Waals surface area contributed by atoms with Crippen LogP contribution < -0.4 is 27.0 Å². The molecule has 0 aliphatic rings. The molecule has 0 saturated heterocycles. The van der Waals surface area contributed by atoms with Gasteiger partial charge < -0.3 is 37.1 Å². The van der Waals surface area contributed by atoms with Crippen molar-refractivity contribution in [1.82, 2.24) is 26.3 Å². The third-order valence-corrected chi connectivity index (χ3v) is 6.08. The molecule has 1 radical (unpaired) electrons. The Kier molecular flexibility index (Phi) is 11.2.